The summed E-state index contributed by atoms with van der Waals surface area (Å²) in [5, 5.41) is 38.9. The summed E-state index contributed by atoms with van der Waals surface area (Å²) in [5.41, 5.74) is 24.6. The average molecular weight is 1260 g/mol. The van der Waals surface area contributed by atoms with Gasteiger partial charge >= 0.3 is 0 Å². The zero-order valence-corrected chi connectivity index (χ0v) is 54.5. The van der Waals surface area contributed by atoms with Crippen molar-refractivity contribution in [3.63, 3.8) is 0 Å². The molecule has 3 aromatic heterocycles. The van der Waals surface area contributed by atoms with Gasteiger partial charge in [-0.1, -0.05) is 124 Å². The van der Waals surface area contributed by atoms with E-state index in [-0.39, 0.29) is 22.4 Å². The summed E-state index contributed by atoms with van der Waals surface area (Å²) in [4.78, 5) is 7.70. The second kappa shape index (κ2) is 23.3. The maximum absolute atomic E-state index is 17.3. The normalized spacial score (nSPS) is 11.4. The van der Waals surface area contributed by atoms with Crippen LogP contribution in [0.15, 0.2) is 237 Å². The Labute approximate surface area is 566 Å². The van der Waals surface area contributed by atoms with E-state index in [1.165, 1.54) is 0 Å². The predicted octanol–water partition coefficient (Wildman–Crippen LogP) is 23.7. The maximum Gasteiger partial charge on any atom is 0.224 e. The van der Waals surface area contributed by atoms with E-state index in [1.807, 2.05) is 72.8 Å². The molecule has 0 atom stereocenters. The average Bonchev–Trinajstić information content (AvgIpc) is 1.57. The van der Waals surface area contributed by atoms with Gasteiger partial charge in [0, 0.05) is 49.1 Å². The molecule has 0 aliphatic heterocycles. The number of fused-ring (bicyclic) bond motifs is 9. The van der Waals surface area contributed by atoms with Crippen LogP contribution in [0.1, 0.15) is 50.1 Å². The number of aryl methyl sites for hydroxylation is 6. The Hall–Kier alpha value is -13.4. The van der Waals surface area contributed by atoms with Gasteiger partial charge in [0.15, 0.2) is 5.69 Å². The molecule has 8 nitrogen and oxygen atoms in total. The molecule has 0 saturated heterocycles. The number of aromatic nitrogens is 3. The first kappa shape index (κ1) is 59.6. The summed E-state index contributed by atoms with van der Waals surface area (Å²) >= 11 is 0. The van der Waals surface area contributed by atoms with Crippen molar-refractivity contribution in [1.29, 1.82) is 15.8 Å². The van der Waals surface area contributed by atoms with Gasteiger partial charge in [0.25, 0.3) is 0 Å². The number of hydrogen-bond donors (Lipinski definition) is 0. The molecule has 16 aromatic rings. The lowest BCUT2D eigenvalue weighted by Crippen LogP contribution is -2.01. The molecule has 9 heteroatoms. The van der Waals surface area contributed by atoms with E-state index in [0.29, 0.717) is 33.8 Å². The smallest absolute Gasteiger partial charge is 0.224 e. The van der Waals surface area contributed by atoms with Crippen molar-refractivity contribution in [3.8, 4) is 102 Å². The van der Waals surface area contributed by atoms with E-state index >= 15 is 4.39 Å². The topological polar surface area (TPSA) is 94.9 Å². The highest BCUT2D eigenvalue weighted by Crippen LogP contribution is 2.46. The summed E-state index contributed by atoms with van der Waals surface area (Å²) in [5.74, 6) is -0.614. The zero-order chi connectivity index (χ0) is 67.4. The Morgan fingerprint density at radius 1 is 0.316 bits per heavy atom. The van der Waals surface area contributed by atoms with E-state index in [2.05, 4.69) is 235 Å². The van der Waals surface area contributed by atoms with Crippen LogP contribution in [0.25, 0.3) is 159 Å². The van der Waals surface area contributed by atoms with Crippen LogP contribution in [0.3, 0.4) is 0 Å². The third-order valence-electron chi connectivity index (χ3n) is 19.3. The number of rotatable bonds is 9. The van der Waals surface area contributed by atoms with Crippen molar-refractivity contribution in [1.82, 2.24) is 13.7 Å². The van der Waals surface area contributed by atoms with Crippen molar-refractivity contribution < 1.29 is 4.39 Å². The summed E-state index contributed by atoms with van der Waals surface area (Å²) < 4.78 is 23.8. The highest BCUT2D eigenvalue weighted by atomic mass is 19.1. The minimum atomic E-state index is -0.614. The molecule has 0 aliphatic rings. The van der Waals surface area contributed by atoms with E-state index in [9.17, 15) is 15.8 Å². The number of nitrogens with zero attached hydrogens (tertiary/aromatic N) is 8. The van der Waals surface area contributed by atoms with Crippen LogP contribution in [0.5, 0.6) is 0 Å². The van der Waals surface area contributed by atoms with Crippen LogP contribution in [0.4, 0.5) is 15.8 Å². The molecular formula is C89H57FN8. The second-order valence-electron chi connectivity index (χ2n) is 25.9. The summed E-state index contributed by atoms with van der Waals surface area (Å²) in [6.45, 7) is 29.1. The van der Waals surface area contributed by atoms with Crippen molar-refractivity contribution in [3.05, 3.63) is 315 Å². The fraction of sp³-hybridized carbons (Fsp3) is 0.0674. The minimum absolute atomic E-state index is 0.0906. The highest BCUT2D eigenvalue weighted by molar-refractivity contribution is 6.13. The molecule has 98 heavy (non-hydrogen) atoms. The Morgan fingerprint density at radius 3 is 1.07 bits per heavy atom. The van der Waals surface area contributed by atoms with Gasteiger partial charge in [0.1, 0.15) is 24.0 Å². The number of hydrogen-bond acceptors (Lipinski definition) is 3. The van der Waals surface area contributed by atoms with Crippen LogP contribution in [-0.4, -0.2) is 13.7 Å². The van der Waals surface area contributed by atoms with Crippen molar-refractivity contribution in [2.45, 2.75) is 41.5 Å². The molecule has 0 aliphatic carbocycles. The second-order valence-corrected chi connectivity index (χ2v) is 25.9. The first-order valence-electron chi connectivity index (χ1n) is 32.4. The molecule has 0 saturated carbocycles. The molecule has 0 fully saturated rings. The SMILES string of the molecule is [C-]#[N+]c1cc(C#N)c(-n2c3ccc(C)cc3c3cc(C)ccc32)c(-c2cccc(-c3cc(-c4cccc(-c5cc(C#N)c(C#N)cc5-n5c6ccc(C)cc6c6cc(C)ccc65)c4)cc(-c4cccc(-c5cc(-n6c7ccc(C)cc7c7cc(C)ccc76)cc([N+]#[C-])c5F)c4)c3)c2)c1. The van der Waals surface area contributed by atoms with Crippen LogP contribution in [-0.2, 0) is 0 Å². The lowest BCUT2D eigenvalue weighted by atomic mass is 9.89. The van der Waals surface area contributed by atoms with E-state index in [1.54, 1.807) is 12.1 Å². The van der Waals surface area contributed by atoms with E-state index in [0.717, 1.165) is 155 Å². The van der Waals surface area contributed by atoms with Crippen LogP contribution >= 0.6 is 0 Å². The molecule has 0 unspecified atom stereocenters. The van der Waals surface area contributed by atoms with Gasteiger partial charge in [-0.05, 0) is 243 Å². The van der Waals surface area contributed by atoms with Crippen LogP contribution < -0.4 is 0 Å². The molecular weight excluding hydrogens is 1200 g/mol. The number of halogens is 1. The number of nitriles is 3. The van der Waals surface area contributed by atoms with Crippen molar-refractivity contribution in [2.24, 2.45) is 0 Å². The van der Waals surface area contributed by atoms with Gasteiger partial charge in [-0.3, -0.25) is 0 Å². The van der Waals surface area contributed by atoms with Gasteiger partial charge in [-0.15, -0.1) is 0 Å². The van der Waals surface area contributed by atoms with Gasteiger partial charge in [-0.25, -0.2) is 14.1 Å². The predicted molar refractivity (Wildman–Crippen MR) is 397 cm³/mol. The lowest BCUT2D eigenvalue weighted by Gasteiger charge is -2.18. The molecule has 0 bridgehead atoms. The van der Waals surface area contributed by atoms with E-state index < -0.39 is 5.82 Å². The highest BCUT2D eigenvalue weighted by Gasteiger charge is 2.25. The summed E-state index contributed by atoms with van der Waals surface area (Å²) in [6.07, 6.45) is 0. The Bertz CT molecular complexity index is 6230. The largest absolute Gasteiger partial charge is 0.310 e. The van der Waals surface area contributed by atoms with Gasteiger partial charge < -0.3 is 13.7 Å². The van der Waals surface area contributed by atoms with Crippen LogP contribution in [0, 0.1) is 94.5 Å². The van der Waals surface area contributed by atoms with E-state index in [4.69, 9.17) is 13.1 Å². The van der Waals surface area contributed by atoms with Crippen molar-refractivity contribution >= 4 is 76.8 Å². The molecule has 0 spiro atoms. The quantitative estimate of drug-likeness (QED) is 0.135. The van der Waals surface area contributed by atoms with Gasteiger partial charge in [-0.2, -0.15) is 15.8 Å². The monoisotopic (exact) mass is 1260 g/mol. The fourth-order valence-corrected chi connectivity index (χ4v) is 14.7. The molecule has 460 valence electrons. The summed E-state index contributed by atoms with van der Waals surface area (Å²) in [7, 11) is 0. The first-order valence-corrected chi connectivity index (χ1v) is 32.4. The standard InChI is InChI=1S/C89H57FN8/c1-51-18-24-81-74(30-51)75-31-52(2)19-25-82(75)96(81)70-46-72(88(90)80(47-70)95-8)61-16-10-13-58(37-61)64-39-63(57-12-9-15-60(36-57)71-43-66(48-91)67(49-92)44-87(71)97-83-26-20-53(3)32-76(83)77-33-54(4)21-27-84(77)97)40-65(41-64)59-14-11-17-62(38-59)73-45-69(94-7)42-68(50-93)89(73)98-85-28-22-55(5)34-78(85)79-35-56(6)23-29-86(79)98/h9-47H,1-6H3. The minimum Gasteiger partial charge on any atom is -0.310 e. The third kappa shape index (κ3) is 9.84. The Kier molecular flexibility index (Phi) is 14.2. The van der Waals surface area contributed by atoms with Crippen LogP contribution in [0.2, 0.25) is 0 Å². The third-order valence-corrected chi connectivity index (χ3v) is 19.3. The van der Waals surface area contributed by atoms with Gasteiger partial charge in [0.05, 0.1) is 74.3 Å². The fourth-order valence-electron chi connectivity index (χ4n) is 14.7. The Morgan fingerprint density at radius 2 is 0.673 bits per heavy atom. The molecule has 13 aromatic carbocycles. The summed E-state index contributed by atoms with van der Waals surface area (Å²) in [6, 6.07) is 87.0. The molecule has 0 N–H and O–H groups in total. The molecule has 3 heterocycles. The molecule has 0 radical (unpaired) electrons. The lowest BCUT2D eigenvalue weighted by molar-refractivity contribution is 0.637. The Balaban J connectivity index is 0.907. The first-order chi connectivity index (χ1) is 47.7. The molecule has 0 amide bonds. The number of benzene rings is 13. The zero-order valence-electron chi connectivity index (χ0n) is 54.5. The van der Waals surface area contributed by atoms with Gasteiger partial charge in [0.2, 0.25) is 5.69 Å². The van der Waals surface area contributed by atoms with Crippen molar-refractivity contribution in [2.75, 3.05) is 0 Å². The maximum atomic E-state index is 17.3. The molecule has 16 rings (SSSR count).